The van der Waals surface area contributed by atoms with Crippen molar-refractivity contribution in [3.05, 3.63) is 50.6 Å². The minimum Gasteiger partial charge on any atom is -0.324 e. The second-order valence-corrected chi connectivity index (χ2v) is 7.36. The van der Waals surface area contributed by atoms with Crippen molar-refractivity contribution < 1.29 is 4.79 Å². The van der Waals surface area contributed by atoms with Gasteiger partial charge in [0.1, 0.15) is 6.04 Å². The SMILES string of the molecule is CC(C)C(NC1C(=O)Nc2cccc(Br)c21)c1cccs1. The molecule has 21 heavy (non-hydrogen) atoms. The lowest BCUT2D eigenvalue weighted by atomic mass is 9.99. The Hall–Kier alpha value is -1.17. The molecule has 2 heterocycles. The van der Waals surface area contributed by atoms with Crippen molar-refractivity contribution in [1.82, 2.24) is 5.32 Å². The third-order valence-corrected chi connectivity index (χ3v) is 5.37. The molecular formula is C16H17BrN2OS. The highest BCUT2D eigenvalue weighted by Gasteiger charge is 2.34. The summed E-state index contributed by atoms with van der Waals surface area (Å²) >= 11 is 5.28. The molecule has 0 radical (unpaired) electrons. The minimum absolute atomic E-state index is 0.0131. The van der Waals surface area contributed by atoms with Crippen LogP contribution in [0.1, 0.15) is 36.4 Å². The number of anilines is 1. The van der Waals surface area contributed by atoms with Crippen molar-refractivity contribution in [1.29, 1.82) is 0 Å². The molecule has 0 fully saturated rings. The number of carbonyl (C=O) groups excluding carboxylic acids is 1. The predicted molar refractivity (Wildman–Crippen MR) is 90.5 cm³/mol. The smallest absolute Gasteiger partial charge is 0.246 e. The fraction of sp³-hybridized carbons (Fsp3) is 0.312. The van der Waals surface area contributed by atoms with Gasteiger partial charge < -0.3 is 5.32 Å². The molecule has 110 valence electrons. The van der Waals surface area contributed by atoms with Gasteiger partial charge in [-0.2, -0.15) is 0 Å². The molecule has 1 amide bonds. The fourth-order valence-electron chi connectivity index (χ4n) is 2.69. The lowest BCUT2D eigenvalue weighted by molar-refractivity contribution is -0.118. The van der Waals surface area contributed by atoms with Gasteiger partial charge in [-0.3, -0.25) is 10.1 Å². The predicted octanol–water partition coefficient (Wildman–Crippen LogP) is 4.49. The quantitative estimate of drug-likeness (QED) is 0.838. The molecule has 1 aromatic carbocycles. The monoisotopic (exact) mass is 364 g/mol. The first-order chi connectivity index (χ1) is 10.1. The van der Waals surface area contributed by atoms with Crippen LogP contribution in [0.4, 0.5) is 5.69 Å². The van der Waals surface area contributed by atoms with E-state index in [-0.39, 0.29) is 18.0 Å². The van der Waals surface area contributed by atoms with Crippen LogP contribution in [0.25, 0.3) is 0 Å². The van der Waals surface area contributed by atoms with Crippen LogP contribution in [-0.2, 0) is 4.79 Å². The Morgan fingerprint density at radius 2 is 2.10 bits per heavy atom. The molecule has 0 bridgehead atoms. The van der Waals surface area contributed by atoms with Gasteiger partial charge in [0.05, 0.1) is 0 Å². The minimum atomic E-state index is -0.315. The number of fused-ring (bicyclic) bond motifs is 1. The van der Waals surface area contributed by atoms with Gasteiger partial charge in [-0.15, -0.1) is 11.3 Å². The Labute approximate surface area is 136 Å². The summed E-state index contributed by atoms with van der Waals surface area (Å²) in [5.74, 6) is 0.419. The second kappa shape index (κ2) is 5.91. The van der Waals surface area contributed by atoms with Gasteiger partial charge in [0, 0.05) is 26.6 Å². The Bertz CT molecular complexity index is 654. The average molecular weight is 365 g/mol. The first kappa shape index (κ1) is 14.8. The van der Waals surface area contributed by atoms with Crippen molar-refractivity contribution in [2.75, 3.05) is 5.32 Å². The van der Waals surface area contributed by atoms with Crippen LogP contribution in [0.5, 0.6) is 0 Å². The van der Waals surface area contributed by atoms with Gasteiger partial charge >= 0.3 is 0 Å². The molecule has 2 N–H and O–H groups in total. The molecule has 3 rings (SSSR count). The summed E-state index contributed by atoms with van der Waals surface area (Å²) in [5.41, 5.74) is 1.89. The molecule has 1 aliphatic rings. The zero-order valence-corrected chi connectivity index (χ0v) is 14.3. The summed E-state index contributed by atoms with van der Waals surface area (Å²) in [4.78, 5) is 13.6. The molecule has 2 unspecified atom stereocenters. The Morgan fingerprint density at radius 3 is 2.76 bits per heavy atom. The normalized spacial score (nSPS) is 18.7. The van der Waals surface area contributed by atoms with Gasteiger partial charge in [-0.25, -0.2) is 0 Å². The number of rotatable bonds is 4. The standard InChI is InChI=1S/C16H17BrN2OS/c1-9(2)14(12-7-4-8-21-12)19-15-13-10(17)5-3-6-11(13)18-16(15)20/h3-9,14-15,19H,1-2H3,(H,18,20). The maximum Gasteiger partial charge on any atom is 0.246 e. The van der Waals surface area contributed by atoms with Crippen molar-refractivity contribution >= 4 is 38.9 Å². The number of thiophene rings is 1. The number of nitrogens with one attached hydrogen (secondary N) is 2. The highest BCUT2D eigenvalue weighted by Crippen LogP contribution is 2.39. The summed E-state index contributed by atoms with van der Waals surface area (Å²) in [7, 11) is 0. The maximum atomic E-state index is 12.3. The Balaban J connectivity index is 1.93. The van der Waals surface area contributed by atoms with E-state index >= 15 is 0 Å². The largest absolute Gasteiger partial charge is 0.324 e. The Kier molecular flexibility index (Phi) is 4.15. The lowest BCUT2D eigenvalue weighted by Gasteiger charge is -2.25. The van der Waals surface area contributed by atoms with E-state index in [0.717, 1.165) is 15.7 Å². The maximum absolute atomic E-state index is 12.3. The van der Waals surface area contributed by atoms with Gasteiger partial charge in [0.2, 0.25) is 5.91 Å². The highest BCUT2D eigenvalue weighted by molar-refractivity contribution is 9.10. The van der Waals surface area contributed by atoms with E-state index in [0.29, 0.717) is 5.92 Å². The molecule has 1 aromatic heterocycles. The van der Waals surface area contributed by atoms with Crippen LogP contribution in [0, 0.1) is 5.92 Å². The summed E-state index contributed by atoms with van der Waals surface area (Å²) in [6.07, 6.45) is 0. The van der Waals surface area contributed by atoms with E-state index in [2.05, 4.69) is 57.9 Å². The van der Waals surface area contributed by atoms with Crippen LogP contribution in [0.15, 0.2) is 40.2 Å². The van der Waals surface area contributed by atoms with Gasteiger partial charge in [0.25, 0.3) is 0 Å². The van der Waals surface area contributed by atoms with Crippen molar-refractivity contribution in [3.8, 4) is 0 Å². The fourth-order valence-corrected chi connectivity index (χ4v) is 4.24. The summed E-state index contributed by atoms with van der Waals surface area (Å²) < 4.78 is 0.963. The first-order valence-electron chi connectivity index (χ1n) is 6.96. The van der Waals surface area contributed by atoms with Crippen LogP contribution >= 0.6 is 27.3 Å². The third-order valence-electron chi connectivity index (χ3n) is 3.72. The van der Waals surface area contributed by atoms with E-state index in [1.807, 2.05) is 18.2 Å². The average Bonchev–Trinajstić information content (AvgIpc) is 3.04. The van der Waals surface area contributed by atoms with E-state index in [4.69, 9.17) is 0 Å². The van der Waals surface area contributed by atoms with Crippen molar-refractivity contribution in [2.24, 2.45) is 5.92 Å². The summed E-state index contributed by atoms with van der Waals surface area (Å²) in [5, 5.41) is 8.56. The second-order valence-electron chi connectivity index (χ2n) is 5.53. The van der Waals surface area contributed by atoms with E-state index in [1.165, 1.54) is 4.88 Å². The molecule has 3 nitrogen and oxygen atoms in total. The molecular weight excluding hydrogens is 348 g/mol. The summed E-state index contributed by atoms with van der Waals surface area (Å²) in [6, 6.07) is 9.87. The lowest BCUT2D eigenvalue weighted by Crippen LogP contribution is -2.33. The van der Waals surface area contributed by atoms with Crippen LogP contribution in [0.3, 0.4) is 0 Å². The van der Waals surface area contributed by atoms with Gasteiger partial charge in [-0.1, -0.05) is 41.9 Å². The highest BCUT2D eigenvalue weighted by atomic mass is 79.9. The zero-order chi connectivity index (χ0) is 15.0. The van der Waals surface area contributed by atoms with Crippen molar-refractivity contribution in [2.45, 2.75) is 25.9 Å². The number of hydrogen-bond acceptors (Lipinski definition) is 3. The molecule has 0 saturated carbocycles. The number of hydrogen-bond donors (Lipinski definition) is 2. The van der Waals surface area contributed by atoms with Crippen LogP contribution < -0.4 is 10.6 Å². The number of carbonyl (C=O) groups is 1. The molecule has 0 saturated heterocycles. The topological polar surface area (TPSA) is 41.1 Å². The molecule has 0 spiro atoms. The van der Waals surface area contributed by atoms with Crippen LogP contribution in [-0.4, -0.2) is 5.91 Å². The van der Waals surface area contributed by atoms with Crippen LogP contribution in [0.2, 0.25) is 0 Å². The van der Waals surface area contributed by atoms with Crippen molar-refractivity contribution in [3.63, 3.8) is 0 Å². The van der Waals surface area contributed by atoms with Gasteiger partial charge in [-0.05, 0) is 29.5 Å². The van der Waals surface area contributed by atoms with E-state index < -0.39 is 0 Å². The molecule has 0 aliphatic carbocycles. The number of halogens is 1. The zero-order valence-electron chi connectivity index (χ0n) is 11.9. The Morgan fingerprint density at radius 1 is 1.29 bits per heavy atom. The van der Waals surface area contributed by atoms with E-state index in [9.17, 15) is 4.79 Å². The number of benzene rings is 1. The first-order valence-corrected chi connectivity index (χ1v) is 8.64. The molecule has 2 aromatic rings. The number of amides is 1. The molecule has 5 heteroatoms. The van der Waals surface area contributed by atoms with Gasteiger partial charge in [0.15, 0.2) is 0 Å². The molecule has 2 atom stereocenters. The molecule has 1 aliphatic heterocycles. The third kappa shape index (κ3) is 2.78. The van der Waals surface area contributed by atoms with E-state index in [1.54, 1.807) is 11.3 Å². The summed E-state index contributed by atoms with van der Waals surface area (Å²) in [6.45, 7) is 4.34.